The molecule has 2 rings (SSSR count). The molecule has 1 aromatic rings. The Kier molecular flexibility index (Phi) is 6.19. The molecule has 0 unspecified atom stereocenters. The number of nitrogens with one attached hydrogen (secondary N) is 1. The Labute approximate surface area is 131 Å². The number of unbranched alkanes of at least 4 members (excludes halogenated alkanes) is 1. The van der Waals surface area contributed by atoms with Crippen LogP contribution in [-0.4, -0.2) is 23.5 Å². The first-order chi connectivity index (χ1) is 10.7. The average molecular weight is 301 g/mol. The molecule has 0 saturated carbocycles. The van der Waals surface area contributed by atoms with Crippen molar-refractivity contribution in [2.45, 2.75) is 32.1 Å². The second-order valence-corrected chi connectivity index (χ2v) is 5.73. The van der Waals surface area contributed by atoms with Crippen molar-refractivity contribution in [1.82, 2.24) is 5.32 Å². The van der Waals surface area contributed by atoms with Gasteiger partial charge in [-0.25, -0.2) is 0 Å². The van der Waals surface area contributed by atoms with Gasteiger partial charge < -0.3 is 10.4 Å². The second-order valence-electron chi connectivity index (χ2n) is 5.73. The molecule has 0 aromatic heterocycles. The van der Waals surface area contributed by atoms with E-state index in [-0.39, 0.29) is 5.91 Å². The molecule has 0 heterocycles. The van der Waals surface area contributed by atoms with Crippen LogP contribution in [0, 0.1) is 11.8 Å². The van der Waals surface area contributed by atoms with Crippen LogP contribution in [0.25, 0.3) is 0 Å². The highest BCUT2D eigenvalue weighted by Crippen LogP contribution is 2.25. The van der Waals surface area contributed by atoms with Crippen molar-refractivity contribution in [2.24, 2.45) is 11.8 Å². The van der Waals surface area contributed by atoms with Gasteiger partial charge in [0.1, 0.15) is 0 Å². The number of aliphatic carboxylic acids is 1. The maximum absolute atomic E-state index is 12.1. The molecule has 0 fully saturated rings. The average Bonchev–Trinajstić information content (AvgIpc) is 2.55. The molecular formula is C18H23NO3. The van der Waals surface area contributed by atoms with E-state index in [1.54, 1.807) is 0 Å². The molecule has 0 spiro atoms. The fourth-order valence-corrected chi connectivity index (χ4v) is 2.82. The van der Waals surface area contributed by atoms with Gasteiger partial charge in [-0.1, -0.05) is 42.5 Å². The lowest BCUT2D eigenvalue weighted by Gasteiger charge is -2.24. The lowest BCUT2D eigenvalue weighted by molar-refractivity contribution is -0.147. The Morgan fingerprint density at radius 1 is 1.05 bits per heavy atom. The standard InChI is InChI=1S/C18H23NO3/c20-17(15-11-4-5-12-16(15)18(21)22)19-13-7-6-10-14-8-2-1-3-9-14/h1-5,8-9,15-16H,6-7,10-13H2,(H,19,20)(H,21,22)/t15-,16+/m0/s1. The minimum atomic E-state index is -0.881. The summed E-state index contributed by atoms with van der Waals surface area (Å²) in [6.45, 7) is 0.609. The van der Waals surface area contributed by atoms with Crippen LogP contribution in [0.5, 0.6) is 0 Å². The number of amides is 1. The van der Waals surface area contributed by atoms with Gasteiger partial charge >= 0.3 is 5.97 Å². The smallest absolute Gasteiger partial charge is 0.307 e. The molecule has 118 valence electrons. The number of rotatable bonds is 7. The number of benzene rings is 1. The summed E-state index contributed by atoms with van der Waals surface area (Å²) in [5.41, 5.74) is 1.30. The van der Waals surface area contributed by atoms with E-state index in [1.165, 1.54) is 5.56 Å². The molecule has 0 bridgehead atoms. The lowest BCUT2D eigenvalue weighted by Crippen LogP contribution is -2.39. The molecule has 0 saturated heterocycles. The van der Waals surface area contributed by atoms with Crippen molar-refractivity contribution < 1.29 is 14.7 Å². The van der Waals surface area contributed by atoms with Crippen molar-refractivity contribution in [2.75, 3.05) is 6.54 Å². The molecule has 22 heavy (non-hydrogen) atoms. The Morgan fingerprint density at radius 2 is 1.73 bits per heavy atom. The molecule has 1 aliphatic rings. The van der Waals surface area contributed by atoms with Crippen LogP contribution in [0.2, 0.25) is 0 Å². The summed E-state index contributed by atoms with van der Waals surface area (Å²) in [7, 11) is 0. The van der Waals surface area contributed by atoms with Gasteiger partial charge in [-0.3, -0.25) is 9.59 Å². The Balaban J connectivity index is 1.69. The van der Waals surface area contributed by atoms with E-state index >= 15 is 0 Å². The van der Waals surface area contributed by atoms with Gasteiger partial charge in [0.05, 0.1) is 11.8 Å². The number of allylic oxidation sites excluding steroid dienone is 2. The highest BCUT2D eigenvalue weighted by atomic mass is 16.4. The van der Waals surface area contributed by atoms with E-state index in [9.17, 15) is 14.7 Å². The minimum absolute atomic E-state index is 0.128. The molecule has 0 aliphatic heterocycles. The number of carboxylic acid groups (broad SMARTS) is 1. The monoisotopic (exact) mass is 301 g/mol. The van der Waals surface area contributed by atoms with Gasteiger partial charge in [-0.15, -0.1) is 0 Å². The van der Waals surface area contributed by atoms with Crippen molar-refractivity contribution in [3.63, 3.8) is 0 Å². The Hall–Kier alpha value is -2.10. The molecule has 4 nitrogen and oxygen atoms in total. The van der Waals surface area contributed by atoms with E-state index < -0.39 is 17.8 Å². The highest BCUT2D eigenvalue weighted by Gasteiger charge is 2.33. The fourth-order valence-electron chi connectivity index (χ4n) is 2.82. The molecule has 4 heteroatoms. The summed E-state index contributed by atoms with van der Waals surface area (Å²) < 4.78 is 0. The van der Waals surface area contributed by atoms with Crippen LogP contribution in [0.1, 0.15) is 31.2 Å². The topological polar surface area (TPSA) is 66.4 Å². The summed E-state index contributed by atoms with van der Waals surface area (Å²) in [5, 5.41) is 12.1. The summed E-state index contributed by atoms with van der Waals surface area (Å²) in [6, 6.07) is 10.3. The normalized spacial score (nSPS) is 20.5. The first-order valence-electron chi connectivity index (χ1n) is 7.88. The molecule has 1 aromatic carbocycles. The second kappa shape index (κ2) is 8.37. The van der Waals surface area contributed by atoms with Gasteiger partial charge in [0.2, 0.25) is 5.91 Å². The van der Waals surface area contributed by atoms with E-state index in [4.69, 9.17) is 0 Å². The van der Waals surface area contributed by atoms with Gasteiger partial charge in [-0.2, -0.15) is 0 Å². The Morgan fingerprint density at radius 3 is 2.41 bits per heavy atom. The molecule has 1 aliphatic carbocycles. The molecule has 2 N–H and O–H groups in total. The third kappa shape index (κ3) is 4.72. The first-order valence-corrected chi connectivity index (χ1v) is 7.88. The van der Waals surface area contributed by atoms with Crippen LogP contribution >= 0.6 is 0 Å². The zero-order valence-corrected chi connectivity index (χ0v) is 12.7. The zero-order chi connectivity index (χ0) is 15.8. The zero-order valence-electron chi connectivity index (χ0n) is 12.7. The maximum Gasteiger partial charge on any atom is 0.307 e. The first kappa shape index (κ1) is 16.3. The van der Waals surface area contributed by atoms with E-state index in [0.717, 1.165) is 19.3 Å². The van der Waals surface area contributed by atoms with Gasteiger partial charge in [0, 0.05) is 6.54 Å². The largest absolute Gasteiger partial charge is 0.481 e. The summed E-state index contributed by atoms with van der Waals surface area (Å²) in [4.78, 5) is 23.3. The molecule has 0 radical (unpaired) electrons. The van der Waals surface area contributed by atoms with Gasteiger partial charge in [0.25, 0.3) is 0 Å². The third-order valence-electron chi connectivity index (χ3n) is 4.12. The molecular weight excluding hydrogens is 278 g/mol. The molecule has 1 amide bonds. The quantitative estimate of drug-likeness (QED) is 0.601. The van der Waals surface area contributed by atoms with Crippen molar-refractivity contribution in [3.8, 4) is 0 Å². The van der Waals surface area contributed by atoms with Crippen LogP contribution in [0.15, 0.2) is 42.5 Å². The number of carboxylic acids is 1. The van der Waals surface area contributed by atoms with Crippen molar-refractivity contribution in [3.05, 3.63) is 48.0 Å². The van der Waals surface area contributed by atoms with E-state index in [2.05, 4.69) is 17.4 Å². The predicted molar refractivity (Wildman–Crippen MR) is 85.4 cm³/mol. The lowest BCUT2D eigenvalue weighted by atomic mass is 9.82. The van der Waals surface area contributed by atoms with Gasteiger partial charge in [0.15, 0.2) is 0 Å². The number of carbonyl (C=O) groups excluding carboxylic acids is 1. The number of hydrogen-bond donors (Lipinski definition) is 2. The molecule has 2 atom stereocenters. The maximum atomic E-state index is 12.1. The van der Waals surface area contributed by atoms with E-state index in [1.807, 2.05) is 30.4 Å². The van der Waals surface area contributed by atoms with Crippen LogP contribution in [-0.2, 0) is 16.0 Å². The van der Waals surface area contributed by atoms with Gasteiger partial charge in [-0.05, 0) is 37.7 Å². The summed E-state index contributed by atoms with van der Waals surface area (Å²) in [6.07, 6.45) is 7.63. The predicted octanol–water partition coefficient (Wildman–Crippen LogP) is 2.79. The highest BCUT2D eigenvalue weighted by molar-refractivity contribution is 5.85. The Bertz CT molecular complexity index is 524. The van der Waals surface area contributed by atoms with Crippen LogP contribution < -0.4 is 5.32 Å². The SMILES string of the molecule is O=C(NCCCCc1ccccc1)[C@H]1CC=CC[C@H]1C(=O)O. The summed E-state index contributed by atoms with van der Waals surface area (Å²) >= 11 is 0. The van der Waals surface area contributed by atoms with E-state index in [0.29, 0.717) is 19.4 Å². The van der Waals surface area contributed by atoms with Crippen molar-refractivity contribution >= 4 is 11.9 Å². The number of hydrogen-bond acceptors (Lipinski definition) is 2. The minimum Gasteiger partial charge on any atom is -0.481 e. The van der Waals surface area contributed by atoms with Crippen LogP contribution in [0.3, 0.4) is 0 Å². The number of aryl methyl sites for hydroxylation is 1. The fraction of sp³-hybridized carbons (Fsp3) is 0.444. The number of carbonyl (C=O) groups is 2. The third-order valence-corrected chi connectivity index (χ3v) is 4.12. The summed E-state index contributed by atoms with van der Waals surface area (Å²) in [5.74, 6) is -2.03. The van der Waals surface area contributed by atoms with Crippen molar-refractivity contribution in [1.29, 1.82) is 0 Å². The van der Waals surface area contributed by atoms with Crippen LogP contribution in [0.4, 0.5) is 0 Å².